The van der Waals surface area contributed by atoms with Crippen LogP contribution < -0.4 is 5.73 Å². The maximum absolute atomic E-state index is 6.00. The van der Waals surface area contributed by atoms with Gasteiger partial charge in [0.15, 0.2) is 0 Å². The second-order valence-electron chi connectivity index (χ2n) is 7.11. The lowest BCUT2D eigenvalue weighted by molar-refractivity contribution is 0.133. The summed E-state index contributed by atoms with van der Waals surface area (Å²) in [5.74, 6) is 2.03. The number of aryl methyl sites for hydroxylation is 1. The van der Waals surface area contributed by atoms with Gasteiger partial charge >= 0.3 is 0 Å². The van der Waals surface area contributed by atoms with Gasteiger partial charge in [-0.25, -0.2) is 0 Å². The second kappa shape index (κ2) is 5.66. The van der Waals surface area contributed by atoms with Crippen molar-refractivity contribution in [3.8, 4) is 0 Å². The molecular weight excluding hydrogens is 234 g/mol. The molecule has 1 aromatic rings. The monoisotopic (exact) mass is 263 g/mol. The van der Waals surface area contributed by atoms with Gasteiger partial charge in [0.2, 0.25) is 0 Å². The molecule has 108 valence electrons. The minimum Gasteiger partial charge on any atom is -0.330 e. The van der Waals surface area contributed by atoms with Crippen LogP contribution in [-0.2, 0) is 6.54 Å². The summed E-state index contributed by atoms with van der Waals surface area (Å²) < 4.78 is 2.03. The van der Waals surface area contributed by atoms with Crippen LogP contribution in [0, 0.1) is 17.3 Å². The van der Waals surface area contributed by atoms with E-state index in [1.54, 1.807) is 0 Å². The maximum atomic E-state index is 6.00. The Hall–Kier alpha value is -0.830. The molecule has 3 unspecified atom stereocenters. The summed E-state index contributed by atoms with van der Waals surface area (Å²) in [4.78, 5) is 0. The molecule has 0 amide bonds. The van der Waals surface area contributed by atoms with Crippen LogP contribution in [0.2, 0.25) is 0 Å². The van der Waals surface area contributed by atoms with Gasteiger partial charge in [-0.15, -0.1) is 0 Å². The Kier molecular flexibility index (Phi) is 4.34. The van der Waals surface area contributed by atoms with Gasteiger partial charge in [0, 0.05) is 12.7 Å². The van der Waals surface area contributed by atoms with E-state index >= 15 is 0 Å². The van der Waals surface area contributed by atoms with E-state index in [4.69, 9.17) is 5.73 Å². The Morgan fingerprint density at radius 3 is 2.63 bits per heavy atom. The van der Waals surface area contributed by atoms with Crippen LogP contribution in [0.3, 0.4) is 0 Å². The third kappa shape index (κ3) is 3.19. The van der Waals surface area contributed by atoms with E-state index in [0.717, 1.165) is 19.0 Å². The summed E-state index contributed by atoms with van der Waals surface area (Å²) in [5, 5.41) is 4.44. The van der Waals surface area contributed by atoms with Crippen LogP contribution in [0.25, 0.3) is 0 Å². The summed E-state index contributed by atoms with van der Waals surface area (Å²) in [6.45, 7) is 11.0. The van der Waals surface area contributed by atoms with Crippen molar-refractivity contribution in [1.82, 2.24) is 9.78 Å². The van der Waals surface area contributed by atoms with E-state index in [-0.39, 0.29) is 0 Å². The molecule has 0 aromatic carbocycles. The largest absolute Gasteiger partial charge is 0.330 e. The lowest BCUT2D eigenvalue weighted by Crippen LogP contribution is -2.33. The van der Waals surface area contributed by atoms with Gasteiger partial charge < -0.3 is 5.73 Å². The number of aromatic nitrogens is 2. The molecule has 1 aromatic heterocycles. The summed E-state index contributed by atoms with van der Waals surface area (Å²) in [7, 11) is 0. The Bertz CT molecular complexity index is 402. The van der Waals surface area contributed by atoms with Crippen molar-refractivity contribution in [3.05, 3.63) is 18.0 Å². The average molecular weight is 263 g/mol. The predicted molar refractivity (Wildman–Crippen MR) is 80.0 cm³/mol. The summed E-state index contributed by atoms with van der Waals surface area (Å²) in [5.41, 5.74) is 7.79. The Morgan fingerprint density at radius 1 is 1.37 bits per heavy atom. The first-order valence-electron chi connectivity index (χ1n) is 7.68. The van der Waals surface area contributed by atoms with Crippen molar-refractivity contribution in [2.45, 2.75) is 59.4 Å². The van der Waals surface area contributed by atoms with Crippen molar-refractivity contribution in [1.29, 1.82) is 0 Å². The van der Waals surface area contributed by atoms with Crippen LogP contribution in [0.4, 0.5) is 0 Å². The van der Waals surface area contributed by atoms with E-state index in [2.05, 4.69) is 45.2 Å². The van der Waals surface area contributed by atoms with E-state index in [1.165, 1.54) is 24.8 Å². The van der Waals surface area contributed by atoms with Crippen LogP contribution in [-0.4, -0.2) is 16.3 Å². The quantitative estimate of drug-likeness (QED) is 0.908. The molecule has 19 heavy (non-hydrogen) atoms. The smallest absolute Gasteiger partial charge is 0.0524 e. The number of nitrogens with zero attached hydrogens (tertiary/aromatic N) is 2. The van der Waals surface area contributed by atoms with E-state index in [9.17, 15) is 0 Å². The van der Waals surface area contributed by atoms with Gasteiger partial charge in [0.05, 0.1) is 6.20 Å². The molecule has 3 atom stereocenters. The first-order chi connectivity index (χ1) is 8.95. The first kappa shape index (κ1) is 14.6. The Morgan fingerprint density at radius 2 is 2.11 bits per heavy atom. The van der Waals surface area contributed by atoms with Crippen molar-refractivity contribution >= 4 is 0 Å². The first-order valence-corrected chi connectivity index (χ1v) is 7.68. The standard InChI is InChI=1S/C16H29N3/c1-5-19-11-13(10-18-19)15-8-14(16(2,3)4)7-6-12(15)9-17/h10-12,14-15H,5-9,17H2,1-4H3. The van der Waals surface area contributed by atoms with Crippen LogP contribution in [0.1, 0.15) is 58.4 Å². The summed E-state index contributed by atoms with van der Waals surface area (Å²) in [6, 6.07) is 0. The van der Waals surface area contributed by atoms with E-state index < -0.39 is 0 Å². The molecule has 0 aliphatic heterocycles. The fourth-order valence-corrected chi connectivity index (χ4v) is 3.45. The molecule has 1 heterocycles. The van der Waals surface area contributed by atoms with Gasteiger partial charge in [0.25, 0.3) is 0 Å². The zero-order valence-corrected chi connectivity index (χ0v) is 12.9. The highest BCUT2D eigenvalue weighted by atomic mass is 15.3. The zero-order valence-electron chi connectivity index (χ0n) is 12.9. The minimum absolute atomic E-state index is 0.401. The Labute approximate surface area is 117 Å². The molecule has 1 aliphatic rings. The molecule has 3 heteroatoms. The zero-order chi connectivity index (χ0) is 14.0. The highest BCUT2D eigenvalue weighted by Gasteiger charge is 2.36. The fourth-order valence-electron chi connectivity index (χ4n) is 3.45. The van der Waals surface area contributed by atoms with Gasteiger partial charge in [-0.1, -0.05) is 20.8 Å². The van der Waals surface area contributed by atoms with Crippen molar-refractivity contribution < 1.29 is 0 Å². The van der Waals surface area contributed by atoms with Gasteiger partial charge in [-0.05, 0) is 61.5 Å². The highest BCUT2D eigenvalue weighted by molar-refractivity contribution is 5.15. The molecule has 1 saturated carbocycles. The van der Waals surface area contributed by atoms with Gasteiger partial charge in [-0.3, -0.25) is 4.68 Å². The van der Waals surface area contributed by atoms with E-state index in [0.29, 0.717) is 17.3 Å². The van der Waals surface area contributed by atoms with Crippen LogP contribution >= 0.6 is 0 Å². The molecule has 0 spiro atoms. The third-order valence-corrected chi connectivity index (χ3v) is 4.93. The number of rotatable bonds is 3. The lowest BCUT2D eigenvalue weighted by Gasteiger charge is -2.41. The molecule has 0 saturated heterocycles. The molecule has 3 nitrogen and oxygen atoms in total. The Balaban J connectivity index is 2.18. The number of hydrogen-bond acceptors (Lipinski definition) is 2. The SMILES string of the molecule is CCn1cc(C2CC(C(C)(C)C)CCC2CN)cn1. The molecule has 0 radical (unpaired) electrons. The molecule has 0 bridgehead atoms. The van der Waals surface area contributed by atoms with Crippen molar-refractivity contribution in [3.63, 3.8) is 0 Å². The van der Waals surface area contributed by atoms with Gasteiger partial charge in [-0.2, -0.15) is 5.10 Å². The summed E-state index contributed by atoms with van der Waals surface area (Å²) >= 11 is 0. The van der Waals surface area contributed by atoms with Crippen molar-refractivity contribution in [2.75, 3.05) is 6.54 Å². The summed E-state index contributed by atoms with van der Waals surface area (Å²) in [6.07, 6.45) is 8.13. The lowest BCUT2D eigenvalue weighted by atomic mass is 9.64. The number of hydrogen-bond donors (Lipinski definition) is 1. The normalized spacial score (nSPS) is 28.6. The van der Waals surface area contributed by atoms with Crippen LogP contribution in [0.5, 0.6) is 0 Å². The van der Waals surface area contributed by atoms with Gasteiger partial charge in [0.1, 0.15) is 0 Å². The van der Waals surface area contributed by atoms with E-state index in [1.807, 2.05) is 4.68 Å². The predicted octanol–water partition coefficient (Wildman–Crippen LogP) is 3.41. The maximum Gasteiger partial charge on any atom is 0.0524 e. The minimum atomic E-state index is 0.401. The number of nitrogens with two attached hydrogens (primary N) is 1. The highest BCUT2D eigenvalue weighted by Crippen LogP contribution is 2.46. The average Bonchev–Trinajstić information content (AvgIpc) is 2.85. The fraction of sp³-hybridized carbons (Fsp3) is 0.812. The van der Waals surface area contributed by atoms with Crippen molar-refractivity contribution in [2.24, 2.45) is 23.0 Å². The molecular formula is C16H29N3. The van der Waals surface area contributed by atoms with Crippen LogP contribution in [0.15, 0.2) is 12.4 Å². The molecule has 2 N–H and O–H groups in total. The topological polar surface area (TPSA) is 43.8 Å². The third-order valence-electron chi connectivity index (χ3n) is 4.93. The molecule has 1 fully saturated rings. The molecule has 2 rings (SSSR count). The molecule has 1 aliphatic carbocycles. The second-order valence-corrected chi connectivity index (χ2v) is 7.11.